The van der Waals surface area contributed by atoms with Crippen LogP contribution in [0.5, 0.6) is 0 Å². The van der Waals surface area contributed by atoms with E-state index in [0.717, 1.165) is 11.5 Å². The Labute approximate surface area is 156 Å². The number of hydrogen-bond donors (Lipinski definition) is 2. The van der Waals surface area contributed by atoms with Crippen molar-refractivity contribution in [3.63, 3.8) is 0 Å². The maximum Gasteiger partial charge on any atom is 0.191 e. The monoisotopic (exact) mass is 356 g/mol. The minimum absolute atomic E-state index is 0.167. The molecule has 5 heteroatoms. The molecule has 0 saturated heterocycles. The van der Waals surface area contributed by atoms with Crippen LogP contribution in [-0.2, 0) is 19.6 Å². The van der Waals surface area contributed by atoms with Crippen molar-refractivity contribution in [2.75, 3.05) is 21.1 Å². The zero-order chi connectivity index (χ0) is 19.1. The molecule has 0 heterocycles. The Morgan fingerprint density at radius 2 is 1.73 bits per heavy atom. The van der Waals surface area contributed by atoms with Crippen LogP contribution in [0.3, 0.4) is 0 Å². The first kappa shape index (κ1) is 19.9. The largest absolute Gasteiger partial charge is 0.352 e. The molecule has 2 aromatic carbocycles. The van der Waals surface area contributed by atoms with Gasteiger partial charge in [-0.15, -0.1) is 0 Å². The van der Waals surface area contributed by atoms with E-state index < -0.39 is 0 Å². The minimum Gasteiger partial charge on any atom is -0.352 e. The summed E-state index contributed by atoms with van der Waals surface area (Å²) in [4.78, 5) is 6.22. The van der Waals surface area contributed by atoms with Crippen LogP contribution in [0.4, 0.5) is 4.39 Å². The molecule has 2 aromatic rings. The number of nitrogens with one attached hydrogen (secondary N) is 2. The summed E-state index contributed by atoms with van der Waals surface area (Å²) in [6, 6.07) is 11.7. The van der Waals surface area contributed by atoms with Crippen molar-refractivity contribution in [2.45, 2.75) is 33.5 Å². The highest BCUT2D eigenvalue weighted by atomic mass is 19.1. The summed E-state index contributed by atoms with van der Waals surface area (Å²) < 4.78 is 13.9. The topological polar surface area (TPSA) is 39.7 Å². The zero-order valence-corrected chi connectivity index (χ0v) is 16.4. The quantitative estimate of drug-likeness (QED) is 0.616. The Hall–Kier alpha value is -2.40. The van der Waals surface area contributed by atoms with E-state index >= 15 is 0 Å². The van der Waals surface area contributed by atoms with Gasteiger partial charge in [-0.3, -0.25) is 4.99 Å². The van der Waals surface area contributed by atoms with Gasteiger partial charge in [-0.05, 0) is 56.8 Å². The molecule has 0 bridgehead atoms. The van der Waals surface area contributed by atoms with Gasteiger partial charge in [0.15, 0.2) is 5.96 Å². The molecule has 0 spiro atoms. The van der Waals surface area contributed by atoms with Gasteiger partial charge in [0.25, 0.3) is 0 Å². The second-order valence-corrected chi connectivity index (χ2v) is 6.87. The highest BCUT2D eigenvalue weighted by Gasteiger charge is 2.06. The molecule has 0 amide bonds. The lowest BCUT2D eigenvalue weighted by Crippen LogP contribution is -2.36. The number of halogens is 1. The summed E-state index contributed by atoms with van der Waals surface area (Å²) in [6.45, 7) is 6.09. The third kappa shape index (κ3) is 5.85. The molecule has 2 N–H and O–H groups in total. The predicted molar refractivity (Wildman–Crippen MR) is 107 cm³/mol. The Morgan fingerprint density at radius 3 is 2.38 bits per heavy atom. The van der Waals surface area contributed by atoms with Crippen LogP contribution in [0.15, 0.2) is 41.4 Å². The molecule has 2 rings (SSSR count). The highest BCUT2D eigenvalue weighted by molar-refractivity contribution is 5.79. The second-order valence-electron chi connectivity index (χ2n) is 6.87. The summed E-state index contributed by atoms with van der Waals surface area (Å²) in [7, 11) is 5.62. The minimum atomic E-state index is -0.167. The van der Waals surface area contributed by atoms with E-state index in [1.165, 1.54) is 22.8 Å². The summed E-state index contributed by atoms with van der Waals surface area (Å²) in [5.41, 5.74) is 5.50. The molecule has 0 aromatic heterocycles. The molecule has 0 aliphatic heterocycles. The molecule has 0 unspecified atom stereocenters. The van der Waals surface area contributed by atoms with Gasteiger partial charge in [0.2, 0.25) is 0 Å². The van der Waals surface area contributed by atoms with Crippen LogP contribution in [0, 0.1) is 19.7 Å². The van der Waals surface area contributed by atoms with Gasteiger partial charge in [0, 0.05) is 32.2 Å². The van der Waals surface area contributed by atoms with Gasteiger partial charge in [0.1, 0.15) is 5.82 Å². The van der Waals surface area contributed by atoms with E-state index in [4.69, 9.17) is 0 Å². The fraction of sp³-hybridized carbons (Fsp3) is 0.381. The maximum absolute atomic E-state index is 13.9. The first-order chi connectivity index (χ1) is 12.4. The molecule has 0 aliphatic carbocycles. The number of rotatable bonds is 6. The predicted octanol–water partition coefficient (Wildman–Crippen LogP) is 3.37. The lowest BCUT2D eigenvalue weighted by atomic mass is 10.1. The van der Waals surface area contributed by atoms with Crippen molar-refractivity contribution in [3.05, 3.63) is 70.0 Å². The lowest BCUT2D eigenvalue weighted by molar-refractivity contribution is 0.392. The normalized spacial score (nSPS) is 11.7. The molecule has 140 valence electrons. The van der Waals surface area contributed by atoms with Crippen LogP contribution in [0.2, 0.25) is 0 Å². The van der Waals surface area contributed by atoms with Crippen molar-refractivity contribution < 1.29 is 4.39 Å². The Bertz CT molecular complexity index is 769. The number of aryl methyl sites for hydroxylation is 2. The van der Waals surface area contributed by atoms with E-state index in [0.29, 0.717) is 25.2 Å². The standard InChI is InChI=1S/C21H29FN4/c1-15-6-8-18(16(2)10-15)13-25-21(23-3)24-12-17-7-9-20(22)19(11-17)14-26(4)5/h6-11H,12-14H2,1-5H3,(H2,23,24,25). The molecular weight excluding hydrogens is 327 g/mol. The smallest absolute Gasteiger partial charge is 0.191 e. The summed E-state index contributed by atoms with van der Waals surface area (Å²) >= 11 is 0. The lowest BCUT2D eigenvalue weighted by Gasteiger charge is -2.15. The third-order valence-corrected chi connectivity index (χ3v) is 4.22. The number of benzene rings is 2. The Kier molecular flexibility index (Phi) is 7.16. The van der Waals surface area contributed by atoms with Gasteiger partial charge >= 0.3 is 0 Å². The van der Waals surface area contributed by atoms with Crippen molar-refractivity contribution in [1.82, 2.24) is 15.5 Å². The average molecular weight is 356 g/mol. The summed E-state index contributed by atoms with van der Waals surface area (Å²) in [5, 5.41) is 6.62. The van der Waals surface area contributed by atoms with Gasteiger partial charge in [-0.1, -0.05) is 29.8 Å². The van der Waals surface area contributed by atoms with Crippen molar-refractivity contribution in [3.8, 4) is 0 Å². The van der Waals surface area contributed by atoms with Crippen molar-refractivity contribution in [1.29, 1.82) is 0 Å². The molecule has 0 radical (unpaired) electrons. The molecule has 0 aliphatic rings. The van der Waals surface area contributed by atoms with Gasteiger partial charge in [0.05, 0.1) is 0 Å². The maximum atomic E-state index is 13.9. The Balaban J connectivity index is 1.94. The van der Waals surface area contributed by atoms with E-state index in [2.05, 4.69) is 47.7 Å². The number of aliphatic imine (C=N–C) groups is 1. The van der Waals surface area contributed by atoms with Crippen LogP contribution in [0.25, 0.3) is 0 Å². The second kappa shape index (κ2) is 9.34. The van der Waals surface area contributed by atoms with E-state index in [-0.39, 0.29) is 5.82 Å². The molecular formula is C21H29FN4. The molecule has 0 saturated carbocycles. The molecule has 0 atom stereocenters. The van der Waals surface area contributed by atoms with E-state index in [1.54, 1.807) is 13.1 Å². The van der Waals surface area contributed by atoms with Crippen molar-refractivity contribution >= 4 is 5.96 Å². The van der Waals surface area contributed by atoms with E-state index in [1.807, 2.05) is 25.1 Å². The van der Waals surface area contributed by atoms with Crippen LogP contribution in [0.1, 0.15) is 27.8 Å². The summed E-state index contributed by atoms with van der Waals surface area (Å²) in [5.74, 6) is 0.559. The number of hydrogen-bond acceptors (Lipinski definition) is 2. The van der Waals surface area contributed by atoms with Crippen molar-refractivity contribution in [2.24, 2.45) is 4.99 Å². The average Bonchev–Trinajstić information content (AvgIpc) is 2.58. The molecule has 26 heavy (non-hydrogen) atoms. The highest BCUT2D eigenvalue weighted by Crippen LogP contribution is 2.12. The zero-order valence-electron chi connectivity index (χ0n) is 16.4. The van der Waals surface area contributed by atoms with Crippen LogP contribution >= 0.6 is 0 Å². The van der Waals surface area contributed by atoms with Crippen LogP contribution in [-0.4, -0.2) is 32.0 Å². The number of nitrogens with zero attached hydrogens (tertiary/aromatic N) is 2. The fourth-order valence-electron chi connectivity index (χ4n) is 2.83. The van der Waals surface area contributed by atoms with Crippen LogP contribution < -0.4 is 10.6 Å². The molecule has 4 nitrogen and oxygen atoms in total. The molecule has 0 fully saturated rings. The SMILES string of the molecule is CN=C(NCc1ccc(F)c(CN(C)C)c1)NCc1ccc(C)cc1C. The van der Waals surface area contributed by atoms with Gasteiger partial charge in [-0.25, -0.2) is 4.39 Å². The Morgan fingerprint density at radius 1 is 1.00 bits per heavy atom. The summed E-state index contributed by atoms with van der Waals surface area (Å²) in [6.07, 6.45) is 0. The fourth-order valence-corrected chi connectivity index (χ4v) is 2.83. The van der Waals surface area contributed by atoms with E-state index in [9.17, 15) is 4.39 Å². The first-order valence-corrected chi connectivity index (χ1v) is 8.81. The third-order valence-electron chi connectivity index (χ3n) is 4.22. The van der Waals surface area contributed by atoms with Gasteiger partial charge in [-0.2, -0.15) is 0 Å². The van der Waals surface area contributed by atoms with Gasteiger partial charge < -0.3 is 15.5 Å². The first-order valence-electron chi connectivity index (χ1n) is 8.81. The number of guanidine groups is 1.